The van der Waals surface area contributed by atoms with E-state index in [2.05, 4.69) is 47.6 Å². The molecule has 0 aliphatic carbocycles. The second-order valence-corrected chi connectivity index (χ2v) is 8.88. The van der Waals surface area contributed by atoms with Crippen molar-refractivity contribution in [1.82, 2.24) is 9.78 Å². The van der Waals surface area contributed by atoms with Crippen LogP contribution < -0.4 is 5.56 Å². The zero-order valence-corrected chi connectivity index (χ0v) is 17.8. The molecule has 144 valence electrons. The first-order valence-electron chi connectivity index (χ1n) is 9.08. The maximum absolute atomic E-state index is 12.5. The number of hydrogen-bond acceptors (Lipinski definition) is 3. The molecule has 0 saturated heterocycles. The van der Waals surface area contributed by atoms with E-state index in [1.165, 1.54) is 22.0 Å². The summed E-state index contributed by atoms with van der Waals surface area (Å²) in [6, 6.07) is 18.5. The normalized spacial score (nSPS) is 11.9. The van der Waals surface area contributed by atoms with Crippen molar-refractivity contribution < 1.29 is 0 Å². The van der Waals surface area contributed by atoms with E-state index in [9.17, 15) is 4.79 Å². The lowest BCUT2D eigenvalue weighted by Crippen LogP contribution is -2.36. The average molecular weight is 411 g/mol. The summed E-state index contributed by atoms with van der Waals surface area (Å²) in [5.74, 6) is 0.716. The van der Waals surface area contributed by atoms with Crippen molar-refractivity contribution in [3.63, 3.8) is 0 Å². The molecule has 2 aromatic carbocycles. The van der Waals surface area contributed by atoms with Gasteiger partial charge in [0.25, 0.3) is 5.56 Å². The average Bonchev–Trinajstić information content (AvgIpc) is 2.68. The van der Waals surface area contributed by atoms with Crippen LogP contribution in [0.2, 0.25) is 5.02 Å². The molecule has 3 nitrogen and oxygen atoms in total. The molecule has 0 aliphatic rings. The zero-order valence-electron chi connectivity index (χ0n) is 16.2. The van der Waals surface area contributed by atoms with Gasteiger partial charge in [0.2, 0.25) is 0 Å². The van der Waals surface area contributed by atoms with E-state index in [-0.39, 0.29) is 10.6 Å². The molecule has 0 saturated carbocycles. The molecule has 1 aromatic heterocycles. The maximum Gasteiger partial charge on any atom is 0.287 e. The van der Waals surface area contributed by atoms with E-state index in [0.717, 1.165) is 11.1 Å². The van der Waals surface area contributed by atoms with Crippen molar-refractivity contribution in [2.75, 3.05) is 0 Å². The highest BCUT2D eigenvalue weighted by Gasteiger charge is 2.19. The van der Waals surface area contributed by atoms with Gasteiger partial charge in [-0.3, -0.25) is 4.79 Å². The van der Waals surface area contributed by atoms with Gasteiger partial charge in [-0.25, -0.2) is 4.68 Å². The highest BCUT2D eigenvalue weighted by atomic mass is 35.5. The molecule has 3 aromatic rings. The summed E-state index contributed by atoms with van der Waals surface area (Å²) >= 11 is 7.84. The van der Waals surface area contributed by atoms with E-state index in [1.54, 1.807) is 6.20 Å². The van der Waals surface area contributed by atoms with Crippen LogP contribution >= 0.6 is 23.4 Å². The van der Waals surface area contributed by atoms with E-state index >= 15 is 0 Å². The van der Waals surface area contributed by atoms with E-state index < -0.39 is 5.54 Å². The SMILES string of the molecule is CC(C)(C)n1ncc(SCc2cccc(C=Cc3ccccc3)c2)c(Cl)c1=O. The number of thioether (sulfide) groups is 1. The number of nitrogens with zero attached hydrogens (tertiary/aromatic N) is 2. The molecule has 0 N–H and O–H groups in total. The van der Waals surface area contributed by atoms with Gasteiger partial charge >= 0.3 is 0 Å². The predicted molar refractivity (Wildman–Crippen MR) is 120 cm³/mol. The minimum absolute atomic E-state index is 0.232. The lowest BCUT2D eigenvalue weighted by atomic mass is 10.1. The van der Waals surface area contributed by atoms with Crippen LogP contribution in [0.25, 0.3) is 12.2 Å². The molecule has 5 heteroatoms. The fraction of sp³-hybridized carbons (Fsp3) is 0.217. The lowest BCUT2D eigenvalue weighted by molar-refractivity contribution is 0.336. The second kappa shape index (κ2) is 8.80. The Labute approximate surface area is 175 Å². The maximum atomic E-state index is 12.5. The van der Waals surface area contributed by atoms with Gasteiger partial charge < -0.3 is 0 Å². The monoisotopic (exact) mass is 410 g/mol. The Morgan fingerprint density at radius 2 is 1.71 bits per heavy atom. The largest absolute Gasteiger partial charge is 0.287 e. The Kier molecular flexibility index (Phi) is 6.42. The first-order chi connectivity index (χ1) is 13.3. The molecule has 1 heterocycles. The Bertz CT molecular complexity index is 1040. The smallest absolute Gasteiger partial charge is 0.266 e. The van der Waals surface area contributed by atoms with Crippen LogP contribution in [-0.2, 0) is 11.3 Å². The Hall–Kier alpha value is -2.30. The Balaban J connectivity index is 1.73. The van der Waals surface area contributed by atoms with Gasteiger partial charge in [0, 0.05) is 5.75 Å². The van der Waals surface area contributed by atoms with Gasteiger partial charge in [0.1, 0.15) is 5.02 Å². The lowest BCUT2D eigenvalue weighted by Gasteiger charge is -2.21. The molecule has 0 bridgehead atoms. The fourth-order valence-corrected chi connectivity index (χ4v) is 3.83. The number of hydrogen-bond donors (Lipinski definition) is 0. The highest BCUT2D eigenvalue weighted by molar-refractivity contribution is 7.98. The van der Waals surface area contributed by atoms with Crippen LogP contribution in [-0.4, -0.2) is 9.78 Å². The summed E-state index contributed by atoms with van der Waals surface area (Å²) in [7, 11) is 0. The minimum Gasteiger partial charge on any atom is -0.266 e. The molecule has 0 spiro atoms. The third kappa shape index (κ3) is 5.15. The summed E-state index contributed by atoms with van der Waals surface area (Å²) in [5.41, 5.74) is 2.81. The molecule has 28 heavy (non-hydrogen) atoms. The van der Waals surface area contributed by atoms with E-state index in [0.29, 0.717) is 10.6 Å². The third-order valence-electron chi connectivity index (χ3n) is 4.14. The first-order valence-corrected chi connectivity index (χ1v) is 10.4. The topological polar surface area (TPSA) is 34.9 Å². The van der Waals surface area contributed by atoms with Gasteiger partial charge in [-0.15, -0.1) is 11.8 Å². The summed E-state index contributed by atoms with van der Waals surface area (Å²) < 4.78 is 1.42. The number of halogens is 1. The van der Waals surface area contributed by atoms with Gasteiger partial charge in [0.05, 0.1) is 16.6 Å². The summed E-state index contributed by atoms with van der Waals surface area (Å²) in [5, 5.41) is 4.52. The number of rotatable bonds is 5. The van der Waals surface area contributed by atoms with Gasteiger partial charge in [0.15, 0.2) is 0 Å². The van der Waals surface area contributed by atoms with Crippen molar-refractivity contribution in [3.05, 3.63) is 92.9 Å². The van der Waals surface area contributed by atoms with Crippen LogP contribution in [0.3, 0.4) is 0 Å². The fourth-order valence-electron chi connectivity index (χ4n) is 2.70. The van der Waals surface area contributed by atoms with Gasteiger partial charge in [-0.1, -0.05) is 78.4 Å². The van der Waals surface area contributed by atoms with Crippen molar-refractivity contribution in [2.24, 2.45) is 0 Å². The standard InChI is InChI=1S/C23H23ClN2OS/c1-23(2,3)26-22(27)21(24)20(15-25-26)28-16-19-11-7-10-18(14-19)13-12-17-8-5-4-6-9-17/h4-15H,16H2,1-3H3. The molecule has 0 radical (unpaired) electrons. The quantitative estimate of drug-likeness (QED) is 0.375. The molecule has 0 fully saturated rings. The molecular weight excluding hydrogens is 388 g/mol. The van der Waals surface area contributed by atoms with Crippen molar-refractivity contribution >= 4 is 35.5 Å². The molecule has 0 atom stereocenters. The molecular formula is C23H23ClN2OS. The van der Waals surface area contributed by atoms with Crippen LogP contribution in [0.1, 0.15) is 37.5 Å². The predicted octanol–water partition coefficient (Wildman–Crippen LogP) is 6.11. The minimum atomic E-state index is -0.399. The number of aromatic nitrogens is 2. The van der Waals surface area contributed by atoms with E-state index in [4.69, 9.17) is 11.6 Å². The van der Waals surface area contributed by atoms with Crippen molar-refractivity contribution in [2.45, 2.75) is 37.0 Å². The zero-order chi connectivity index (χ0) is 20.1. The molecule has 3 rings (SSSR count). The molecule has 0 aliphatic heterocycles. The van der Waals surface area contributed by atoms with Crippen LogP contribution in [0, 0.1) is 0 Å². The van der Waals surface area contributed by atoms with Crippen LogP contribution in [0.5, 0.6) is 0 Å². The van der Waals surface area contributed by atoms with Gasteiger partial charge in [-0.2, -0.15) is 5.10 Å². The molecule has 0 amide bonds. The summed E-state index contributed by atoms with van der Waals surface area (Å²) in [6.07, 6.45) is 5.88. The summed E-state index contributed by atoms with van der Waals surface area (Å²) in [4.78, 5) is 13.2. The highest BCUT2D eigenvalue weighted by Crippen LogP contribution is 2.28. The van der Waals surface area contributed by atoms with Gasteiger partial charge in [-0.05, 0) is 37.5 Å². The Morgan fingerprint density at radius 1 is 1.04 bits per heavy atom. The first kappa shape index (κ1) is 20.4. The van der Waals surface area contributed by atoms with Crippen molar-refractivity contribution in [3.8, 4) is 0 Å². The Morgan fingerprint density at radius 3 is 2.43 bits per heavy atom. The second-order valence-electron chi connectivity index (χ2n) is 7.49. The van der Waals surface area contributed by atoms with E-state index in [1.807, 2.05) is 45.0 Å². The van der Waals surface area contributed by atoms with Crippen LogP contribution in [0.15, 0.2) is 70.5 Å². The molecule has 0 unspecified atom stereocenters. The number of benzene rings is 2. The summed E-state index contributed by atoms with van der Waals surface area (Å²) in [6.45, 7) is 5.79. The van der Waals surface area contributed by atoms with Crippen molar-refractivity contribution in [1.29, 1.82) is 0 Å². The third-order valence-corrected chi connectivity index (χ3v) is 5.71. The van der Waals surface area contributed by atoms with Crippen LogP contribution in [0.4, 0.5) is 0 Å².